The maximum atomic E-state index is 4.07. The highest BCUT2D eigenvalue weighted by molar-refractivity contribution is 7.00. The standard InChI is InChI=1S/C23H31NSi/c1-19(2)17-20(3)18-25(24-23(4,5)6,21-13-9-7-10-14-21)22-15-11-8-12-16-22/h7-17,24H,1,18H2,2-6H3. The lowest BCUT2D eigenvalue weighted by molar-refractivity contribution is 0.515. The van der Waals surface area contributed by atoms with E-state index in [9.17, 15) is 0 Å². The van der Waals surface area contributed by atoms with Gasteiger partial charge in [-0.05, 0) is 51.0 Å². The highest BCUT2D eigenvalue weighted by Gasteiger charge is 2.40. The molecule has 2 aromatic rings. The fourth-order valence-electron chi connectivity index (χ4n) is 3.53. The van der Waals surface area contributed by atoms with Crippen LogP contribution in [0.4, 0.5) is 0 Å². The lowest BCUT2D eigenvalue weighted by Gasteiger charge is -2.40. The van der Waals surface area contributed by atoms with Crippen LogP contribution < -0.4 is 15.4 Å². The van der Waals surface area contributed by atoms with Crippen LogP contribution in [0.25, 0.3) is 0 Å². The van der Waals surface area contributed by atoms with Crippen LogP contribution >= 0.6 is 0 Å². The number of hydrogen-bond acceptors (Lipinski definition) is 1. The average Bonchev–Trinajstić information content (AvgIpc) is 2.54. The molecule has 132 valence electrons. The molecular weight excluding hydrogens is 318 g/mol. The van der Waals surface area contributed by atoms with Gasteiger partial charge in [-0.25, -0.2) is 0 Å². The molecule has 25 heavy (non-hydrogen) atoms. The molecule has 0 amide bonds. The summed E-state index contributed by atoms with van der Waals surface area (Å²) in [6, 6.07) is 23.0. The van der Waals surface area contributed by atoms with Crippen molar-refractivity contribution in [3.05, 3.63) is 84.5 Å². The molecular formula is C23H31NSi. The predicted molar refractivity (Wildman–Crippen MR) is 114 cm³/mol. The summed E-state index contributed by atoms with van der Waals surface area (Å²) in [6.07, 6.45) is 2.22. The molecule has 0 atom stereocenters. The van der Waals surface area contributed by atoms with Crippen LogP contribution in [0.1, 0.15) is 34.6 Å². The summed E-state index contributed by atoms with van der Waals surface area (Å²) in [4.78, 5) is 4.07. The zero-order valence-electron chi connectivity index (χ0n) is 16.3. The van der Waals surface area contributed by atoms with E-state index >= 15 is 0 Å². The summed E-state index contributed by atoms with van der Waals surface area (Å²) in [5.74, 6) is 0. The topological polar surface area (TPSA) is 12.0 Å². The smallest absolute Gasteiger partial charge is 0.194 e. The van der Waals surface area contributed by atoms with Gasteiger partial charge >= 0.3 is 0 Å². The van der Waals surface area contributed by atoms with E-state index in [0.717, 1.165) is 11.6 Å². The van der Waals surface area contributed by atoms with E-state index in [-0.39, 0.29) is 5.54 Å². The van der Waals surface area contributed by atoms with Crippen LogP contribution in [0, 0.1) is 0 Å². The summed E-state index contributed by atoms with van der Waals surface area (Å²) in [7, 11) is -2.17. The van der Waals surface area contributed by atoms with Crippen molar-refractivity contribution in [2.45, 2.75) is 46.2 Å². The molecule has 1 nitrogen and oxygen atoms in total. The molecule has 0 fully saturated rings. The predicted octanol–water partition coefficient (Wildman–Crippen LogP) is 4.66. The van der Waals surface area contributed by atoms with Crippen molar-refractivity contribution >= 4 is 18.6 Å². The molecule has 2 heteroatoms. The molecule has 0 radical (unpaired) electrons. The van der Waals surface area contributed by atoms with Gasteiger partial charge < -0.3 is 4.98 Å². The molecule has 0 heterocycles. The summed E-state index contributed by atoms with van der Waals surface area (Å²) in [6.45, 7) is 15.1. The van der Waals surface area contributed by atoms with Gasteiger partial charge in [0, 0.05) is 5.54 Å². The van der Waals surface area contributed by atoms with Crippen molar-refractivity contribution in [1.82, 2.24) is 4.98 Å². The van der Waals surface area contributed by atoms with Gasteiger partial charge in [-0.3, -0.25) is 0 Å². The van der Waals surface area contributed by atoms with E-state index in [1.807, 2.05) is 0 Å². The van der Waals surface area contributed by atoms with Gasteiger partial charge in [-0.1, -0.05) is 84.5 Å². The summed E-state index contributed by atoms with van der Waals surface area (Å²) in [5, 5.41) is 2.84. The third-order valence-electron chi connectivity index (χ3n) is 4.16. The minimum absolute atomic E-state index is 0.0292. The first-order valence-corrected chi connectivity index (χ1v) is 11.2. The third-order valence-corrected chi connectivity index (χ3v) is 9.06. The quantitative estimate of drug-likeness (QED) is 0.591. The van der Waals surface area contributed by atoms with Crippen LogP contribution in [-0.4, -0.2) is 13.8 Å². The Morgan fingerprint density at radius 2 is 1.36 bits per heavy atom. The van der Waals surface area contributed by atoms with Gasteiger partial charge in [0.25, 0.3) is 0 Å². The molecule has 2 aromatic carbocycles. The molecule has 0 bridgehead atoms. The maximum absolute atomic E-state index is 4.07. The highest BCUT2D eigenvalue weighted by atomic mass is 28.3. The van der Waals surface area contributed by atoms with Gasteiger partial charge in [0.1, 0.15) is 0 Å². The Labute approximate surface area is 154 Å². The van der Waals surface area contributed by atoms with Gasteiger partial charge in [-0.2, -0.15) is 0 Å². The molecule has 1 N–H and O–H groups in total. The van der Waals surface area contributed by atoms with Crippen LogP contribution in [0.3, 0.4) is 0 Å². The second kappa shape index (κ2) is 7.98. The van der Waals surface area contributed by atoms with Crippen molar-refractivity contribution < 1.29 is 0 Å². The Balaban J connectivity index is 2.67. The van der Waals surface area contributed by atoms with Crippen LogP contribution in [0.2, 0.25) is 6.04 Å². The number of hydrogen-bond donors (Lipinski definition) is 1. The Kier molecular flexibility index (Phi) is 6.20. The first-order valence-electron chi connectivity index (χ1n) is 8.96. The van der Waals surface area contributed by atoms with Crippen LogP contribution in [-0.2, 0) is 0 Å². The Morgan fingerprint density at radius 1 is 0.920 bits per heavy atom. The van der Waals surface area contributed by atoms with Crippen molar-refractivity contribution in [1.29, 1.82) is 0 Å². The minimum atomic E-state index is -2.17. The lowest BCUT2D eigenvalue weighted by atomic mass is 10.1. The van der Waals surface area contributed by atoms with Gasteiger partial charge in [-0.15, -0.1) is 0 Å². The van der Waals surface area contributed by atoms with Gasteiger partial charge in [0.15, 0.2) is 8.24 Å². The van der Waals surface area contributed by atoms with Crippen LogP contribution in [0.15, 0.2) is 84.5 Å². The Hall–Kier alpha value is -1.90. The van der Waals surface area contributed by atoms with E-state index in [4.69, 9.17) is 0 Å². The maximum Gasteiger partial charge on any atom is 0.194 e. The zero-order chi connectivity index (χ0) is 18.5. The highest BCUT2D eigenvalue weighted by Crippen LogP contribution is 2.19. The van der Waals surface area contributed by atoms with E-state index in [1.165, 1.54) is 15.9 Å². The normalized spacial score (nSPS) is 12.9. The van der Waals surface area contributed by atoms with Crippen molar-refractivity contribution in [3.63, 3.8) is 0 Å². The fourth-order valence-corrected chi connectivity index (χ4v) is 8.40. The van der Waals surface area contributed by atoms with Crippen LogP contribution in [0.5, 0.6) is 0 Å². The average molecular weight is 350 g/mol. The van der Waals surface area contributed by atoms with Crippen molar-refractivity contribution in [2.75, 3.05) is 0 Å². The number of nitrogens with one attached hydrogen (secondary N) is 1. The molecule has 0 aliphatic rings. The first kappa shape index (κ1) is 19.4. The summed E-state index contributed by atoms with van der Waals surface area (Å²) < 4.78 is 0. The molecule has 0 saturated heterocycles. The third kappa shape index (κ3) is 5.28. The van der Waals surface area contributed by atoms with Crippen molar-refractivity contribution in [3.8, 4) is 0 Å². The monoisotopic (exact) mass is 349 g/mol. The Bertz CT molecular complexity index is 684. The molecule has 0 aliphatic heterocycles. The van der Waals surface area contributed by atoms with Gasteiger partial charge in [0.2, 0.25) is 0 Å². The number of allylic oxidation sites excluding steroid dienone is 3. The summed E-state index contributed by atoms with van der Waals surface area (Å²) in [5.41, 5.74) is 2.52. The number of rotatable bonds is 6. The second-order valence-electron chi connectivity index (χ2n) is 8.03. The molecule has 0 aliphatic carbocycles. The van der Waals surface area contributed by atoms with E-state index < -0.39 is 8.24 Å². The SMILES string of the molecule is C=C(C)C=C(C)C[Si](NC(C)(C)C)(c1ccccc1)c1ccccc1. The molecule has 0 aromatic heterocycles. The Morgan fingerprint density at radius 3 is 1.72 bits per heavy atom. The largest absolute Gasteiger partial charge is 0.325 e. The van der Waals surface area contributed by atoms with E-state index in [0.29, 0.717) is 0 Å². The molecule has 0 unspecified atom stereocenters. The minimum Gasteiger partial charge on any atom is -0.325 e. The molecule has 2 rings (SSSR count). The van der Waals surface area contributed by atoms with E-state index in [1.54, 1.807) is 0 Å². The van der Waals surface area contributed by atoms with Gasteiger partial charge in [0.05, 0.1) is 0 Å². The second-order valence-corrected chi connectivity index (χ2v) is 11.6. The molecule has 0 spiro atoms. The van der Waals surface area contributed by atoms with E-state index in [2.05, 4.69) is 113 Å². The zero-order valence-corrected chi connectivity index (χ0v) is 17.3. The molecule has 0 saturated carbocycles. The number of benzene rings is 2. The fraction of sp³-hybridized carbons (Fsp3) is 0.304. The van der Waals surface area contributed by atoms with Crippen molar-refractivity contribution in [2.24, 2.45) is 0 Å². The lowest BCUT2D eigenvalue weighted by Crippen LogP contribution is -2.72. The first-order chi connectivity index (χ1) is 11.7. The summed E-state index contributed by atoms with van der Waals surface area (Å²) >= 11 is 0.